The van der Waals surface area contributed by atoms with Crippen molar-refractivity contribution in [2.75, 3.05) is 27.3 Å². The molecule has 0 unspecified atom stereocenters. The molecule has 2 aromatic carbocycles. The zero-order chi connectivity index (χ0) is 25.2. The number of rotatable bonds is 9. The highest BCUT2D eigenvalue weighted by Gasteiger charge is 2.33. The second-order valence-electron chi connectivity index (χ2n) is 8.62. The van der Waals surface area contributed by atoms with Gasteiger partial charge in [-0.05, 0) is 55.0 Å². The molecule has 0 atom stereocenters. The maximum atomic E-state index is 13.6. The molecule has 0 N–H and O–H groups in total. The summed E-state index contributed by atoms with van der Waals surface area (Å²) in [4.78, 5) is 19.5. The number of aromatic nitrogens is 1. The Balaban J connectivity index is 1.60. The molecular weight excluding hydrogens is 461 g/mol. The van der Waals surface area contributed by atoms with E-state index in [1.54, 1.807) is 26.0 Å². The van der Waals surface area contributed by atoms with Crippen LogP contribution in [-0.2, 0) is 12.6 Å². The molecular formula is C26H27F3N2O4. The van der Waals surface area contributed by atoms with E-state index in [1.807, 2.05) is 18.2 Å². The molecule has 1 fully saturated rings. The van der Waals surface area contributed by atoms with Crippen molar-refractivity contribution in [1.82, 2.24) is 9.88 Å². The summed E-state index contributed by atoms with van der Waals surface area (Å²) in [6.45, 7) is 2.54. The number of alkyl halides is 3. The van der Waals surface area contributed by atoms with Crippen molar-refractivity contribution < 1.29 is 31.9 Å². The monoisotopic (exact) mass is 488 g/mol. The lowest BCUT2D eigenvalue weighted by Crippen LogP contribution is -2.35. The zero-order valence-corrected chi connectivity index (χ0v) is 19.8. The van der Waals surface area contributed by atoms with E-state index in [2.05, 4.69) is 4.98 Å². The third-order valence-corrected chi connectivity index (χ3v) is 5.97. The van der Waals surface area contributed by atoms with Gasteiger partial charge in [-0.1, -0.05) is 18.2 Å². The summed E-state index contributed by atoms with van der Waals surface area (Å²) in [7, 11) is 3.13. The van der Waals surface area contributed by atoms with Gasteiger partial charge in [0, 0.05) is 25.6 Å². The molecule has 6 nitrogen and oxygen atoms in total. The fourth-order valence-electron chi connectivity index (χ4n) is 3.94. The van der Waals surface area contributed by atoms with Crippen molar-refractivity contribution >= 4 is 5.91 Å². The van der Waals surface area contributed by atoms with Gasteiger partial charge in [-0.25, -0.2) is 4.98 Å². The fourth-order valence-corrected chi connectivity index (χ4v) is 3.94. The molecule has 35 heavy (non-hydrogen) atoms. The second kappa shape index (κ2) is 10.0. The van der Waals surface area contributed by atoms with E-state index >= 15 is 0 Å². The standard InChI is InChI=1S/C26H27F3N2O4/c1-16-30-23(24(35-16)19-5-4-6-20(14-19)26(27,28)29)25(32)31(15-18-7-8-18)12-11-17-9-10-21(33-2)22(13-17)34-3/h4-6,9-10,13-14,18H,7-8,11-12,15H2,1-3H3. The summed E-state index contributed by atoms with van der Waals surface area (Å²) in [6.07, 6.45) is -1.86. The first kappa shape index (κ1) is 24.6. The van der Waals surface area contributed by atoms with E-state index in [9.17, 15) is 18.0 Å². The first-order valence-electron chi connectivity index (χ1n) is 11.3. The lowest BCUT2D eigenvalue weighted by atomic mass is 10.1. The summed E-state index contributed by atoms with van der Waals surface area (Å²) < 4.78 is 56.0. The minimum Gasteiger partial charge on any atom is -0.493 e. The Bertz CT molecular complexity index is 1200. The summed E-state index contributed by atoms with van der Waals surface area (Å²) >= 11 is 0. The summed E-state index contributed by atoms with van der Waals surface area (Å²) in [5.41, 5.74) is 0.334. The Morgan fingerprint density at radius 2 is 1.86 bits per heavy atom. The number of hydrogen-bond donors (Lipinski definition) is 0. The van der Waals surface area contributed by atoms with Gasteiger partial charge in [-0.15, -0.1) is 0 Å². The molecule has 4 rings (SSSR count). The normalized spacial score (nSPS) is 13.5. The number of hydrogen-bond acceptors (Lipinski definition) is 5. The molecule has 0 saturated heterocycles. The van der Waals surface area contributed by atoms with Crippen LogP contribution in [0.3, 0.4) is 0 Å². The van der Waals surface area contributed by atoms with Crippen molar-refractivity contribution in [2.24, 2.45) is 5.92 Å². The van der Waals surface area contributed by atoms with Crippen molar-refractivity contribution in [3.8, 4) is 22.8 Å². The number of methoxy groups -OCH3 is 2. The molecule has 186 valence electrons. The van der Waals surface area contributed by atoms with Crippen LogP contribution < -0.4 is 9.47 Å². The molecule has 0 aliphatic heterocycles. The quantitative estimate of drug-likeness (QED) is 0.382. The van der Waals surface area contributed by atoms with Gasteiger partial charge in [-0.3, -0.25) is 4.79 Å². The van der Waals surface area contributed by atoms with E-state index < -0.39 is 11.7 Å². The number of amides is 1. The first-order valence-corrected chi connectivity index (χ1v) is 11.3. The number of benzene rings is 2. The van der Waals surface area contributed by atoms with E-state index in [1.165, 1.54) is 12.1 Å². The summed E-state index contributed by atoms with van der Waals surface area (Å²) in [6, 6.07) is 10.3. The SMILES string of the molecule is COc1ccc(CCN(CC2CC2)C(=O)c2nc(C)oc2-c2cccc(C(F)(F)F)c2)cc1OC. The van der Waals surface area contributed by atoms with Crippen LogP contribution in [0.1, 0.15) is 40.3 Å². The number of halogens is 3. The molecule has 1 saturated carbocycles. The lowest BCUT2D eigenvalue weighted by Gasteiger charge is -2.22. The summed E-state index contributed by atoms with van der Waals surface area (Å²) in [5, 5.41) is 0. The van der Waals surface area contributed by atoms with Crippen LogP contribution in [0, 0.1) is 12.8 Å². The van der Waals surface area contributed by atoms with Crippen LogP contribution in [-0.4, -0.2) is 43.1 Å². The third kappa shape index (κ3) is 5.78. The molecule has 0 bridgehead atoms. The lowest BCUT2D eigenvalue weighted by molar-refractivity contribution is -0.137. The molecule has 1 heterocycles. The molecule has 0 spiro atoms. The minimum absolute atomic E-state index is 0.0229. The Morgan fingerprint density at radius 1 is 1.11 bits per heavy atom. The zero-order valence-electron chi connectivity index (χ0n) is 19.8. The maximum absolute atomic E-state index is 13.6. The smallest absolute Gasteiger partial charge is 0.416 e. The maximum Gasteiger partial charge on any atom is 0.416 e. The predicted molar refractivity (Wildman–Crippen MR) is 124 cm³/mol. The average molecular weight is 489 g/mol. The van der Waals surface area contributed by atoms with Crippen LogP contribution in [0.15, 0.2) is 46.9 Å². The number of aryl methyl sites for hydroxylation is 1. The van der Waals surface area contributed by atoms with Crippen molar-refractivity contribution in [3.05, 3.63) is 65.2 Å². The first-order chi connectivity index (χ1) is 16.7. The number of nitrogens with zero attached hydrogens (tertiary/aromatic N) is 2. The number of oxazole rings is 1. The Labute approximate surface area is 201 Å². The molecule has 0 radical (unpaired) electrons. The van der Waals surface area contributed by atoms with E-state index in [0.717, 1.165) is 30.5 Å². The molecule has 3 aromatic rings. The van der Waals surface area contributed by atoms with Crippen molar-refractivity contribution in [2.45, 2.75) is 32.4 Å². The highest BCUT2D eigenvalue weighted by Crippen LogP contribution is 2.35. The van der Waals surface area contributed by atoms with Crippen LogP contribution in [0.25, 0.3) is 11.3 Å². The number of carbonyl (C=O) groups is 1. The van der Waals surface area contributed by atoms with Crippen LogP contribution >= 0.6 is 0 Å². The van der Waals surface area contributed by atoms with Gasteiger partial charge >= 0.3 is 6.18 Å². The minimum atomic E-state index is -4.51. The van der Waals surface area contributed by atoms with Gasteiger partial charge in [0.15, 0.2) is 28.8 Å². The highest BCUT2D eigenvalue weighted by atomic mass is 19.4. The molecule has 1 aromatic heterocycles. The molecule has 1 amide bonds. The van der Waals surface area contributed by atoms with Gasteiger partial charge in [0.05, 0.1) is 19.8 Å². The van der Waals surface area contributed by atoms with Crippen LogP contribution in [0.4, 0.5) is 13.2 Å². The Morgan fingerprint density at radius 3 is 2.51 bits per heavy atom. The van der Waals surface area contributed by atoms with Gasteiger partial charge in [0.2, 0.25) is 0 Å². The van der Waals surface area contributed by atoms with Crippen molar-refractivity contribution in [3.63, 3.8) is 0 Å². The average Bonchev–Trinajstić information content (AvgIpc) is 3.58. The van der Waals surface area contributed by atoms with Gasteiger partial charge < -0.3 is 18.8 Å². The Kier molecular flexibility index (Phi) is 7.05. The number of carbonyl (C=O) groups excluding carboxylic acids is 1. The summed E-state index contributed by atoms with van der Waals surface area (Å²) in [5.74, 6) is 1.53. The van der Waals surface area contributed by atoms with Crippen molar-refractivity contribution in [1.29, 1.82) is 0 Å². The second-order valence-corrected chi connectivity index (χ2v) is 8.62. The van der Waals surface area contributed by atoms with E-state index in [4.69, 9.17) is 13.9 Å². The van der Waals surface area contributed by atoms with Gasteiger partial charge in [0.1, 0.15) is 0 Å². The molecule has 1 aliphatic carbocycles. The third-order valence-electron chi connectivity index (χ3n) is 5.97. The van der Waals surface area contributed by atoms with Gasteiger partial charge in [-0.2, -0.15) is 13.2 Å². The number of ether oxygens (including phenoxy) is 2. The van der Waals surface area contributed by atoms with Crippen LogP contribution in [0.2, 0.25) is 0 Å². The van der Waals surface area contributed by atoms with Gasteiger partial charge in [0.25, 0.3) is 5.91 Å². The highest BCUT2D eigenvalue weighted by molar-refractivity contribution is 5.97. The van der Waals surface area contributed by atoms with Crippen LogP contribution in [0.5, 0.6) is 11.5 Å². The fraction of sp³-hybridized carbons (Fsp3) is 0.385. The molecule has 9 heteroatoms. The van der Waals surface area contributed by atoms with E-state index in [-0.39, 0.29) is 28.8 Å². The molecule has 1 aliphatic rings. The van der Waals surface area contributed by atoms with E-state index in [0.29, 0.717) is 36.9 Å². The predicted octanol–water partition coefficient (Wildman–Crippen LogP) is 5.78. The largest absolute Gasteiger partial charge is 0.493 e. The topological polar surface area (TPSA) is 64.8 Å². The Hall–Kier alpha value is -3.49.